The van der Waals surface area contributed by atoms with Crippen LogP contribution in [-0.2, 0) is 4.79 Å². The van der Waals surface area contributed by atoms with Gasteiger partial charge >= 0.3 is 6.18 Å². The monoisotopic (exact) mass is 288 g/mol. The maximum atomic E-state index is 13.1. The smallest absolute Gasteiger partial charge is 0.299 e. The van der Waals surface area contributed by atoms with Gasteiger partial charge in [0.1, 0.15) is 5.78 Å². The zero-order valence-electron chi connectivity index (χ0n) is 11.8. The quantitative estimate of drug-likeness (QED) is 0.732. The number of carbonyl (C=O) groups excluding carboxylic acids is 1. The standard InChI is InChI=1S/C16H23F3O/c17-16(18,19)14-4-2-1-3-13(14)15(20)9-12-8-10-5-6-11(12)7-10/h10-14H,1-9H2. The molecule has 20 heavy (non-hydrogen) atoms. The van der Waals surface area contributed by atoms with Gasteiger partial charge in [-0.05, 0) is 49.9 Å². The molecule has 0 amide bonds. The number of ketones is 1. The number of hydrogen-bond acceptors (Lipinski definition) is 1. The molecule has 2 bridgehead atoms. The van der Waals surface area contributed by atoms with Crippen molar-refractivity contribution >= 4 is 5.78 Å². The first-order chi connectivity index (χ1) is 9.45. The zero-order valence-corrected chi connectivity index (χ0v) is 11.8. The van der Waals surface area contributed by atoms with Gasteiger partial charge in [0, 0.05) is 12.3 Å². The number of rotatable bonds is 3. The molecule has 3 aliphatic carbocycles. The van der Waals surface area contributed by atoms with Crippen molar-refractivity contribution in [2.24, 2.45) is 29.6 Å². The van der Waals surface area contributed by atoms with E-state index in [0.717, 1.165) is 18.8 Å². The van der Waals surface area contributed by atoms with E-state index in [0.29, 0.717) is 31.1 Å². The second kappa shape index (κ2) is 5.34. The van der Waals surface area contributed by atoms with Gasteiger partial charge in [0.05, 0.1) is 5.92 Å². The maximum absolute atomic E-state index is 13.1. The highest BCUT2D eigenvalue weighted by Gasteiger charge is 2.49. The lowest BCUT2D eigenvalue weighted by molar-refractivity contribution is -0.198. The van der Waals surface area contributed by atoms with Crippen molar-refractivity contribution < 1.29 is 18.0 Å². The predicted octanol–water partition coefficient (Wildman–Crippen LogP) is 4.75. The molecule has 0 aromatic rings. The molecule has 3 aliphatic rings. The van der Waals surface area contributed by atoms with E-state index in [1.807, 2.05) is 0 Å². The van der Waals surface area contributed by atoms with Crippen LogP contribution in [0.15, 0.2) is 0 Å². The summed E-state index contributed by atoms with van der Waals surface area (Å²) >= 11 is 0. The summed E-state index contributed by atoms with van der Waals surface area (Å²) in [5.41, 5.74) is 0. The van der Waals surface area contributed by atoms with E-state index >= 15 is 0 Å². The summed E-state index contributed by atoms with van der Waals surface area (Å²) in [5, 5.41) is 0. The molecule has 0 aliphatic heterocycles. The van der Waals surface area contributed by atoms with Crippen molar-refractivity contribution in [3.63, 3.8) is 0 Å². The third kappa shape index (κ3) is 2.75. The normalized spacial score (nSPS) is 41.0. The van der Waals surface area contributed by atoms with Gasteiger partial charge in [0.25, 0.3) is 0 Å². The summed E-state index contributed by atoms with van der Waals surface area (Å²) in [4.78, 5) is 12.4. The Bertz CT molecular complexity index is 376. The number of fused-ring (bicyclic) bond motifs is 2. The molecule has 3 rings (SSSR count). The van der Waals surface area contributed by atoms with E-state index in [-0.39, 0.29) is 12.2 Å². The second-order valence-electron chi connectivity index (χ2n) is 7.14. The summed E-state index contributed by atoms with van der Waals surface area (Å²) in [6, 6.07) is 0. The number of carbonyl (C=O) groups is 1. The minimum absolute atomic E-state index is 0.0930. The third-order valence-electron chi connectivity index (χ3n) is 5.95. The lowest BCUT2D eigenvalue weighted by Gasteiger charge is -2.33. The molecule has 0 aromatic carbocycles. The Hall–Kier alpha value is -0.540. The molecule has 5 unspecified atom stereocenters. The van der Waals surface area contributed by atoms with Crippen molar-refractivity contribution in [1.82, 2.24) is 0 Å². The van der Waals surface area contributed by atoms with Crippen molar-refractivity contribution in [1.29, 1.82) is 0 Å². The van der Waals surface area contributed by atoms with Gasteiger partial charge in [-0.3, -0.25) is 4.79 Å². The van der Waals surface area contributed by atoms with Crippen LogP contribution < -0.4 is 0 Å². The molecule has 0 N–H and O–H groups in total. The minimum atomic E-state index is -4.20. The Kier molecular flexibility index (Phi) is 3.85. The molecule has 0 spiro atoms. The topological polar surface area (TPSA) is 17.1 Å². The first kappa shape index (κ1) is 14.4. The second-order valence-corrected chi connectivity index (χ2v) is 7.14. The average molecular weight is 288 g/mol. The molecule has 0 aromatic heterocycles. The lowest BCUT2D eigenvalue weighted by atomic mass is 9.73. The van der Waals surface area contributed by atoms with Crippen molar-refractivity contribution in [3.8, 4) is 0 Å². The Balaban J connectivity index is 1.63. The van der Waals surface area contributed by atoms with Gasteiger partial charge in [0.15, 0.2) is 0 Å². The first-order valence-corrected chi connectivity index (χ1v) is 8.04. The molecule has 3 saturated carbocycles. The fraction of sp³-hybridized carbons (Fsp3) is 0.938. The van der Waals surface area contributed by atoms with Crippen LogP contribution in [0.25, 0.3) is 0 Å². The van der Waals surface area contributed by atoms with Gasteiger partial charge in [-0.1, -0.05) is 19.3 Å². The lowest BCUT2D eigenvalue weighted by Crippen LogP contribution is -2.38. The highest BCUT2D eigenvalue weighted by molar-refractivity contribution is 5.81. The van der Waals surface area contributed by atoms with Crippen LogP contribution in [0.3, 0.4) is 0 Å². The fourth-order valence-corrected chi connectivity index (χ4v) is 4.94. The third-order valence-corrected chi connectivity index (χ3v) is 5.95. The van der Waals surface area contributed by atoms with Gasteiger partial charge in [-0.15, -0.1) is 0 Å². The van der Waals surface area contributed by atoms with Crippen LogP contribution in [-0.4, -0.2) is 12.0 Å². The average Bonchev–Trinajstić information content (AvgIpc) is 3.00. The molecule has 4 heteroatoms. The number of hydrogen-bond donors (Lipinski definition) is 0. The Morgan fingerprint density at radius 1 is 1.00 bits per heavy atom. The van der Waals surface area contributed by atoms with Crippen molar-refractivity contribution in [2.45, 2.75) is 64.0 Å². The summed E-state index contributed by atoms with van der Waals surface area (Å²) < 4.78 is 39.2. The molecular weight excluding hydrogens is 265 g/mol. The van der Waals surface area contributed by atoms with Crippen LogP contribution in [0, 0.1) is 29.6 Å². The molecular formula is C16H23F3O. The maximum Gasteiger partial charge on any atom is 0.392 e. The van der Waals surface area contributed by atoms with E-state index < -0.39 is 18.0 Å². The highest BCUT2D eigenvalue weighted by Crippen LogP contribution is 2.51. The van der Waals surface area contributed by atoms with E-state index in [2.05, 4.69) is 0 Å². The van der Waals surface area contributed by atoms with E-state index in [1.165, 1.54) is 19.3 Å². The molecule has 0 radical (unpaired) electrons. The molecule has 114 valence electrons. The number of halogens is 3. The Labute approximate surface area is 118 Å². The van der Waals surface area contributed by atoms with Crippen molar-refractivity contribution in [3.05, 3.63) is 0 Å². The summed E-state index contributed by atoms with van der Waals surface area (Å²) in [7, 11) is 0. The van der Waals surface area contributed by atoms with Gasteiger partial charge < -0.3 is 0 Å². The van der Waals surface area contributed by atoms with Gasteiger partial charge in [-0.25, -0.2) is 0 Å². The van der Waals surface area contributed by atoms with Gasteiger partial charge in [0.2, 0.25) is 0 Å². The minimum Gasteiger partial charge on any atom is -0.299 e. The van der Waals surface area contributed by atoms with Crippen LogP contribution in [0.5, 0.6) is 0 Å². The Morgan fingerprint density at radius 2 is 1.75 bits per heavy atom. The van der Waals surface area contributed by atoms with E-state index in [9.17, 15) is 18.0 Å². The molecule has 1 nitrogen and oxygen atoms in total. The molecule has 3 fully saturated rings. The van der Waals surface area contributed by atoms with Crippen LogP contribution in [0.4, 0.5) is 13.2 Å². The van der Waals surface area contributed by atoms with Crippen LogP contribution >= 0.6 is 0 Å². The number of Topliss-reactive ketones (excluding diaryl/α,β-unsaturated/α-hetero) is 1. The van der Waals surface area contributed by atoms with E-state index in [1.54, 1.807) is 0 Å². The molecule has 0 heterocycles. The first-order valence-electron chi connectivity index (χ1n) is 8.04. The largest absolute Gasteiger partial charge is 0.392 e. The highest BCUT2D eigenvalue weighted by atomic mass is 19.4. The van der Waals surface area contributed by atoms with Crippen LogP contribution in [0.1, 0.15) is 57.8 Å². The predicted molar refractivity (Wildman–Crippen MR) is 70.1 cm³/mol. The fourth-order valence-electron chi connectivity index (χ4n) is 4.94. The van der Waals surface area contributed by atoms with E-state index in [4.69, 9.17) is 0 Å². The van der Waals surface area contributed by atoms with Gasteiger partial charge in [-0.2, -0.15) is 13.2 Å². The summed E-state index contributed by atoms with van der Waals surface area (Å²) in [5.74, 6) is -0.453. The van der Waals surface area contributed by atoms with Crippen molar-refractivity contribution in [2.75, 3.05) is 0 Å². The Morgan fingerprint density at radius 3 is 2.35 bits per heavy atom. The zero-order chi connectivity index (χ0) is 14.3. The molecule has 0 saturated heterocycles. The molecule has 5 atom stereocenters. The van der Waals surface area contributed by atoms with Crippen LogP contribution in [0.2, 0.25) is 0 Å². The SMILES string of the molecule is O=C(CC1CC2CCC1C2)C1CCCCC1C(F)(F)F. The summed E-state index contributed by atoms with van der Waals surface area (Å²) in [6.07, 6.45) is 2.96. The summed E-state index contributed by atoms with van der Waals surface area (Å²) in [6.45, 7) is 0. The number of alkyl halides is 3.